The van der Waals surface area contributed by atoms with Crippen molar-refractivity contribution in [3.8, 4) is 17.2 Å². The minimum Gasteiger partial charge on any atom is -0.495 e. The van der Waals surface area contributed by atoms with Gasteiger partial charge in [0.15, 0.2) is 5.58 Å². The van der Waals surface area contributed by atoms with Gasteiger partial charge in [0.05, 0.1) is 17.7 Å². The lowest BCUT2D eigenvalue weighted by Crippen LogP contribution is -2.14. The number of nitro groups is 1. The number of aromatic nitrogens is 1. The summed E-state index contributed by atoms with van der Waals surface area (Å²) in [5, 5.41) is 14.0. The standard InChI is InChI=1S/C24H21N3O5/c1-13-10-18-22(11-14(13)2)32-24(26-18)16-8-9-21(31-4)19(12-16)25-23(28)17-6-5-7-20(15(17)3)27(29)30/h5-12H,1-4H3,(H,25,28). The lowest BCUT2D eigenvalue weighted by molar-refractivity contribution is -0.385. The molecule has 1 heterocycles. The summed E-state index contributed by atoms with van der Waals surface area (Å²) in [6.45, 7) is 5.57. The van der Waals surface area contributed by atoms with Gasteiger partial charge in [0, 0.05) is 22.8 Å². The number of carbonyl (C=O) groups excluding carboxylic acids is 1. The fourth-order valence-corrected chi connectivity index (χ4v) is 3.50. The van der Waals surface area contributed by atoms with Crippen LogP contribution in [0.4, 0.5) is 11.4 Å². The third-order valence-electron chi connectivity index (χ3n) is 5.45. The Morgan fingerprint density at radius 2 is 1.84 bits per heavy atom. The van der Waals surface area contributed by atoms with Gasteiger partial charge in [-0.25, -0.2) is 4.98 Å². The molecule has 0 atom stereocenters. The van der Waals surface area contributed by atoms with E-state index >= 15 is 0 Å². The SMILES string of the molecule is COc1ccc(-c2nc3cc(C)c(C)cc3o2)cc1NC(=O)c1cccc([N+](=O)[O-])c1C. The molecule has 0 aliphatic rings. The van der Waals surface area contributed by atoms with Gasteiger partial charge in [0.2, 0.25) is 5.89 Å². The highest BCUT2D eigenvalue weighted by atomic mass is 16.6. The number of ether oxygens (including phenoxy) is 1. The van der Waals surface area contributed by atoms with Crippen LogP contribution in [0.3, 0.4) is 0 Å². The molecule has 4 aromatic rings. The van der Waals surface area contributed by atoms with Crippen molar-refractivity contribution in [2.75, 3.05) is 12.4 Å². The van der Waals surface area contributed by atoms with E-state index in [1.165, 1.54) is 19.2 Å². The highest BCUT2D eigenvalue weighted by Gasteiger charge is 2.20. The van der Waals surface area contributed by atoms with Crippen LogP contribution in [0.15, 0.2) is 52.9 Å². The number of methoxy groups -OCH3 is 1. The van der Waals surface area contributed by atoms with Gasteiger partial charge in [-0.3, -0.25) is 14.9 Å². The van der Waals surface area contributed by atoms with E-state index in [1.807, 2.05) is 26.0 Å². The van der Waals surface area contributed by atoms with E-state index in [-0.39, 0.29) is 16.8 Å². The molecule has 1 N–H and O–H groups in total. The molecule has 1 amide bonds. The van der Waals surface area contributed by atoms with Crippen molar-refractivity contribution in [3.05, 3.63) is 80.9 Å². The summed E-state index contributed by atoms with van der Waals surface area (Å²) in [6.07, 6.45) is 0. The second kappa shape index (κ2) is 8.14. The molecule has 8 heteroatoms. The van der Waals surface area contributed by atoms with Crippen LogP contribution in [0.2, 0.25) is 0 Å². The van der Waals surface area contributed by atoms with E-state index in [1.54, 1.807) is 31.2 Å². The molecule has 0 spiro atoms. The lowest BCUT2D eigenvalue weighted by atomic mass is 10.1. The number of oxazole rings is 1. The van der Waals surface area contributed by atoms with E-state index < -0.39 is 10.8 Å². The molecule has 0 saturated carbocycles. The quantitative estimate of drug-likeness (QED) is 0.326. The van der Waals surface area contributed by atoms with Gasteiger partial charge in [-0.1, -0.05) is 6.07 Å². The number of nitrogens with zero attached hydrogens (tertiary/aromatic N) is 2. The summed E-state index contributed by atoms with van der Waals surface area (Å²) in [5.74, 6) is 0.369. The number of nitrogens with one attached hydrogen (secondary N) is 1. The first-order chi connectivity index (χ1) is 15.3. The van der Waals surface area contributed by atoms with Crippen molar-refractivity contribution in [1.29, 1.82) is 0 Å². The molecule has 0 saturated heterocycles. The molecule has 0 aliphatic carbocycles. The molecule has 0 unspecified atom stereocenters. The second-order valence-electron chi connectivity index (χ2n) is 7.50. The number of aryl methyl sites for hydroxylation is 2. The van der Waals surface area contributed by atoms with Crippen LogP contribution in [-0.4, -0.2) is 22.9 Å². The minimum absolute atomic E-state index is 0.115. The molecule has 8 nitrogen and oxygen atoms in total. The normalized spacial score (nSPS) is 10.9. The van der Waals surface area contributed by atoms with E-state index in [4.69, 9.17) is 9.15 Å². The summed E-state index contributed by atoms with van der Waals surface area (Å²) < 4.78 is 11.3. The van der Waals surface area contributed by atoms with Crippen LogP contribution in [0.1, 0.15) is 27.0 Å². The molecule has 0 radical (unpaired) electrons. The van der Waals surface area contributed by atoms with Crippen molar-refractivity contribution in [3.63, 3.8) is 0 Å². The molecule has 3 aromatic carbocycles. The summed E-state index contributed by atoms with van der Waals surface area (Å²) in [5.41, 5.74) is 5.08. The number of carbonyl (C=O) groups is 1. The van der Waals surface area contributed by atoms with Crippen molar-refractivity contribution in [1.82, 2.24) is 4.98 Å². The topological polar surface area (TPSA) is 108 Å². The van der Waals surface area contributed by atoms with Gasteiger partial charge in [-0.2, -0.15) is 0 Å². The number of anilines is 1. The Hall–Kier alpha value is -4.20. The zero-order chi connectivity index (χ0) is 23.0. The fourth-order valence-electron chi connectivity index (χ4n) is 3.50. The Kier molecular flexibility index (Phi) is 5.36. The van der Waals surface area contributed by atoms with E-state index in [2.05, 4.69) is 10.3 Å². The first-order valence-corrected chi connectivity index (χ1v) is 9.90. The second-order valence-corrected chi connectivity index (χ2v) is 7.50. The number of nitro benzene ring substituents is 1. The summed E-state index contributed by atoms with van der Waals surface area (Å²) in [4.78, 5) is 28.2. The Labute approximate surface area is 184 Å². The predicted molar refractivity (Wildman–Crippen MR) is 121 cm³/mol. The summed E-state index contributed by atoms with van der Waals surface area (Å²) >= 11 is 0. The number of fused-ring (bicyclic) bond motifs is 1. The number of hydrogen-bond donors (Lipinski definition) is 1. The van der Waals surface area contributed by atoms with Crippen molar-refractivity contribution >= 4 is 28.4 Å². The Balaban J connectivity index is 1.71. The maximum atomic E-state index is 12.9. The average Bonchev–Trinajstić information content (AvgIpc) is 3.16. The first-order valence-electron chi connectivity index (χ1n) is 9.90. The van der Waals surface area contributed by atoms with Crippen LogP contribution in [0.25, 0.3) is 22.6 Å². The molecule has 0 fully saturated rings. The number of hydrogen-bond acceptors (Lipinski definition) is 6. The van der Waals surface area contributed by atoms with Crippen molar-refractivity contribution < 1.29 is 18.9 Å². The minimum atomic E-state index is -0.510. The highest BCUT2D eigenvalue weighted by molar-refractivity contribution is 6.06. The lowest BCUT2D eigenvalue weighted by Gasteiger charge is -2.12. The number of benzene rings is 3. The monoisotopic (exact) mass is 431 g/mol. The van der Waals surface area contributed by atoms with Gasteiger partial charge in [0.25, 0.3) is 11.6 Å². The smallest absolute Gasteiger partial charge is 0.273 e. The molecule has 162 valence electrons. The Morgan fingerprint density at radius 3 is 2.56 bits per heavy atom. The fraction of sp³-hybridized carbons (Fsp3) is 0.167. The summed E-state index contributed by atoms with van der Waals surface area (Å²) in [7, 11) is 1.49. The molecular formula is C24H21N3O5. The Bertz CT molecular complexity index is 1330. The third kappa shape index (κ3) is 3.78. The van der Waals surface area contributed by atoms with Gasteiger partial charge < -0.3 is 14.5 Å². The largest absolute Gasteiger partial charge is 0.495 e. The summed E-state index contributed by atoms with van der Waals surface area (Å²) in [6, 6.07) is 13.5. The van der Waals surface area contributed by atoms with Crippen molar-refractivity contribution in [2.24, 2.45) is 0 Å². The molecule has 0 aliphatic heterocycles. The van der Waals surface area contributed by atoms with E-state index in [0.29, 0.717) is 28.5 Å². The number of amides is 1. The zero-order valence-electron chi connectivity index (χ0n) is 18.1. The molecule has 4 rings (SSSR count). The maximum absolute atomic E-state index is 12.9. The molecule has 0 bridgehead atoms. The van der Waals surface area contributed by atoms with Crippen LogP contribution < -0.4 is 10.1 Å². The molecule has 1 aromatic heterocycles. The average molecular weight is 431 g/mol. The van der Waals surface area contributed by atoms with E-state index in [0.717, 1.165) is 16.6 Å². The first kappa shape index (κ1) is 21.0. The highest BCUT2D eigenvalue weighted by Crippen LogP contribution is 2.33. The molecule has 32 heavy (non-hydrogen) atoms. The maximum Gasteiger partial charge on any atom is 0.273 e. The molecular weight excluding hydrogens is 410 g/mol. The van der Waals surface area contributed by atoms with E-state index in [9.17, 15) is 14.9 Å². The zero-order valence-corrected chi connectivity index (χ0v) is 18.1. The van der Waals surface area contributed by atoms with Crippen molar-refractivity contribution in [2.45, 2.75) is 20.8 Å². The predicted octanol–water partition coefficient (Wildman–Crippen LogP) is 5.59. The Morgan fingerprint density at radius 1 is 1.09 bits per heavy atom. The van der Waals surface area contributed by atoms with Crippen LogP contribution in [0.5, 0.6) is 5.75 Å². The third-order valence-corrected chi connectivity index (χ3v) is 5.45. The van der Waals surface area contributed by atoms with Crippen LogP contribution >= 0.6 is 0 Å². The van der Waals surface area contributed by atoms with Crippen LogP contribution in [-0.2, 0) is 0 Å². The van der Waals surface area contributed by atoms with Crippen LogP contribution in [0, 0.1) is 30.9 Å². The number of rotatable bonds is 5. The van der Waals surface area contributed by atoms with Gasteiger partial charge in [-0.05, 0) is 68.3 Å². The van der Waals surface area contributed by atoms with Gasteiger partial charge >= 0.3 is 0 Å². The van der Waals surface area contributed by atoms with Gasteiger partial charge in [-0.15, -0.1) is 0 Å². The van der Waals surface area contributed by atoms with Gasteiger partial charge in [0.1, 0.15) is 11.3 Å².